The second-order valence-electron chi connectivity index (χ2n) is 11.1. The van der Waals surface area contributed by atoms with Crippen LogP contribution in [0.15, 0.2) is 42.5 Å². The minimum atomic E-state index is -0.340. The lowest BCUT2D eigenvalue weighted by molar-refractivity contribution is -0.126. The van der Waals surface area contributed by atoms with E-state index in [1.54, 1.807) is 40.0 Å². The van der Waals surface area contributed by atoms with Gasteiger partial charge in [-0.05, 0) is 82.6 Å². The first-order valence-corrected chi connectivity index (χ1v) is 16.7. The van der Waals surface area contributed by atoms with E-state index in [0.717, 1.165) is 63.8 Å². The van der Waals surface area contributed by atoms with Crippen molar-refractivity contribution in [1.82, 2.24) is 35.7 Å². The summed E-state index contributed by atoms with van der Waals surface area (Å²) in [6, 6.07) is 12.5. The molecule has 1 fully saturated rings. The Morgan fingerprint density at radius 1 is 0.889 bits per heavy atom. The molecule has 1 aromatic heterocycles. The summed E-state index contributed by atoms with van der Waals surface area (Å²) < 4.78 is 1.67. The maximum absolute atomic E-state index is 14.3. The molecular formula is C32H43Cl3N8O2. The second-order valence-corrected chi connectivity index (χ2v) is 12.3. The van der Waals surface area contributed by atoms with Crippen molar-refractivity contribution >= 4 is 46.6 Å². The molecule has 3 aromatic rings. The van der Waals surface area contributed by atoms with Gasteiger partial charge in [-0.15, -0.1) is 0 Å². The van der Waals surface area contributed by atoms with Crippen LogP contribution in [0.1, 0.15) is 48.2 Å². The molecule has 5 N–H and O–H groups in total. The highest BCUT2D eigenvalue weighted by Crippen LogP contribution is 2.34. The number of aromatic nitrogens is 2. The highest BCUT2D eigenvalue weighted by Gasteiger charge is 2.31. The maximum Gasteiger partial charge on any atom is 0.289 e. The molecule has 2 amide bonds. The van der Waals surface area contributed by atoms with Crippen molar-refractivity contribution in [2.75, 3.05) is 58.9 Å². The van der Waals surface area contributed by atoms with E-state index in [4.69, 9.17) is 45.6 Å². The van der Waals surface area contributed by atoms with Gasteiger partial charge in [-0.1, -0.05) is 53.4 Å². The smallest absolute Gasteiger partial charge is 0.289 e. The van der Waals surface area contributed by atoms with E-state index in [9.17, 15) is 9.59 Å². The van der Waals surface area contributed by atoms with E-state index < -0.39 is 0 Å². The molecule has 10 nitrogen and oxygen atoms in total. The highest BCUT2D eigenvalue weighted by molar-refractivity contribution is 6.35. The van der Waals surface area contributed by atoms with Crippen LogP contribution >= 0.6 is 34.8 Å². The van der Waals surface area contributed by atoms with Gasteiger partial charge in [0.25, 0.3) is 5.91 Å². The summed E-state index contributed by atoms with van der Waals surface area (Å²) in [6.45, 7) is 7.76. The van der Waals surface area contributed by atoms with Crippen LogP contribution in [0.3, 0.4) is 0 Å². The number of nitrogens with one attached hydrogen (secondary N) is 3. The third kappa shape index (κ3) is 9.89. The molecule has 45 heavy (non-hydrogen) atoms. The summed E-state index contributed by atoms with van der Waals surface area (Å²) in [5, 5.41) is 19.5. The van der Waals surface area contributed by atoms with E-state index in [1.807, 2.05) is 24.1 Å². The van der Waals surface area contributed by atoms with Crippen LogP contribution in [0.2, 0.25) is 15.1 Å². The summed E-state index contributed by atoms with van der Waals surface area (Å²) in [4.78, 5) is 27.4. The van der Waals surface area contributed by atoms with Crippen LogP contribution in [0.25, 0.3) is 16.9 Å². The van der Waals surface area contributed by atoms with Gasteiger partial charge in [0, 0.05) is 53.9 Å². The van der Waals surface area contributed by atoms with E-state index >= 15 is 0 Å². The molecule has 0 spiro atoms. The van der Waals surface area contributed by atoms with Crippen LogP contribution < -0.4 is 21.7 Å². The predicted octanol–water partition coefficient (Wildman–Crippen LogP) is 4.69. The van der Waals surface area contributed by atoms with Crippen molar-refractivity contribution in [3.63, 3.8) is 0 Å². The Bertz CT molecular complexity index is 1410. The van der Waals surface area contributed by atoms with Crippen molar-refractivity contribution in [1.29, 1.82) is 0 Å². The molecule has 1 saturated heterocycles. The molecule has 13 heteroatoms. The Balaban J connectivity index is 1.51. The molecule has 0 radical (unpaired) electrons. The van der Waals surface area contributed by atoms with Crippen LogP contribution in [0, 0.1) is 6.92 Å². The van der Waals surface area contributed by atoms with Crippen LogP contribution in [0.4, 0.5) is 0 Å². The fraction of sp³-hybridized carbons (Fsp3) is 0.469. The third-order valence-corrected chi connectivity index (χ3v) is 8.46. The molecule has 0 aliphatic carbocycles. The monoisotopic (exact) mass is 676 g/mol. The number of amides is 2. The van der Waals surface area contributed by atoms with Gasteiger partial charge >= 0.3 is 0 Å². The van der Waals surface area contributed by atoms with Crippen molar-refractivity contribution in [2.45, 2.75) is 39.0 Å². The Morgan fingerprint density at radius 2 is 1.56 bits per heavy atom. The Labute approximate surface area is 280 Å². The number of hydrazine groups is 1. The zero-order valence-electron chi connectivity index (χ0n) is 25.8. The number of nitrogens with two attached hydrogens (primary N) is 1. The topological polar surface area (TPSA) is 121 Å². The number of hydrogen-bond donors (Lipinski definition) is 4. The van der Waals surface area contributed by atoms with E-state index in [0.29, 0.717) is 58.2 Å². The van der Waals surface area contributed by atoms with E-state index in [1.165, 1.54) is 0 Å². The number of piperidine rings is 1. The van der Waals surface area contributed by atoms with Gasteiger partial charge < -0.3 is 21.7 Å². The molecule has 0 atom stereocenters. The molecule has 4 rings (SSSR count). The lowest BCUT2D eigenvalue weighted by atomic mass is 10.1. The lowest BCUT2D eigenvalue weighted by Gasteiger charge is -2.36. The zero-order valence-corrected chi connectivity index (χ0v) is 28.0. The van der Waals surface area contributed by atoms with Crippen molar-refractivity contribution in [3.8, 4) is 16.9 Å². The Kier molecular flexibility index (Phi) is 13.9. The largest absolute Gasteiger partial charge is 0.354 e. The quantitative estimate of drug-likeness (QED) is 0.163. The predicted molar refractivity (Wildman–Crippen MR) is 182 cm³/mol. The minimum absolute atomic E-state index is 0.0956. The van der Waals surface area contributed by atoms with Gasteiger partial charge in [-0.3, -0.25) is 14.6 Å². The highest BCUT2D eigenvalue weighted by atomic mass is 35.5. The Hall–Kier alpha value is -2.70. The van der Waals surface area contributed by atoms with Gasteiger partial charge in [-0.25, -0.2) is 9.69 Å². The van der Waals surface area contributed by atoms with E-state index in [-0.39, 0.29) is 24.1 Å². The summed E-state index contributed by atoms with van der Waals surface area (Å²) in [7, 11) is 0. The second kappa shape index (κ2) is 17.9. The standard InChI is InChI=1S/C32H43Cl3N8O2/c1-23-30(40-43(28-12-11-26(34)21-27(28)35)31(23)24-7-9-25(33)10-8-24)32(45)42(41-19-3-2-4-20-41)22-29(44)39-16-6-15-38-18-17-37-14-5-13-36/h7-12,21,37-38H,2-6,13-20,22,36H2,1H3,(H,39,44). The molecule has 2 aromatic carbocycles. The number of hydrogen-bond acceptors (Lipinski definition) is 7. The fourth-order valence-corrected chi connectivity index (χ4v) is 5.92. The molecule has 0 bridgehead atoms. The van der Waals surface area contributed by atoms with Gasteiger partial charge in [0.1, 0.15) is 6.54 Å². The average Bonchev–Trinajstić information content (AvgIpc) is 3.37. The molecule has 2 heterocycles. The van der Waals surface area contributed by atoms with Gasteiger partial charge in [0.05, 0.1) is 16.4 Å². The first-order valence-electron chi connectivity index (χ1n) is 15.6. The SMILES string of the molecule is Cc1c(C(=O)N(CC(=O)NCCCNCCNCCCN)N2CCCCC2)nn(-c2ccc(Cl)cc2Cl)c1-c1ccc(Cl)cc1. The fourth-order valence-electron chi connectivity index (χ4n) is 5.30. The van der Waals surface area contributed by atoms with Gasteiger partial charge in [0.15, 0.2) is 5.69 Å². The van der Waals surface area contributed by atoms with Crippen molar-refractivity contribution < 1.29 is 9.59 Å². The molecular weight excluding hydrogens is 635 g/mol. The Morgan fingerprint density at radius 3 is 2.22 bits per heavy atom. The third-order valence-electron chi connectivity index (χ3n) is 7.67. The lowest BCUT2D eigenvalue weighted by Crippen LogP contribution is -2.53. The summed E-state index contributed by atoms with van der Waals surface area (Å²) in [6.07, 6.45) is 4.72. The molecule has 1 aliphatic heterocycles. The number of halogens is 3. The molecule has 1 aliphatic rings. The van der Waals surface area contributed by atoms with Crippen molar-refractivity contribution in [2.24, 2.45) is 5.73 Å². The van der Waals surface area contributed by atoms with Crippen LogP contribution in [-0.2, 0) is 4.79 Å². The number of carbonyl (C=O) groups is 2. The zero-order chi connectivity index (χ0) is 32.2. The first kappa shape index (κ1) is 35.2. The summed E-state index contributed by atoms with van der Waals surface area (Å²) in [5.41, 5.74) is 8.51. The molecule has 0 unspecified atom stereocenters. The minimum Gasteiger partial charge on any atom is -0.354 e. The van der Waals surface area contributed by atoms with Crippen LogP contribution in [0.5, 0.6) is 0 Å². The van der Waals surface area contributed by atoms with Crippen LogP contribution in [-0.4, -0.2) is 90.5 Å². The number of carbonyl (C=O) groups excluding carboxylic acids is 2. The number of nitrogens with zero attached hydrogens (tertiary/aromatic N) is 4. The van der Waals surface area contributed by atoms with Crippen molar-refractivity contribution in [3.05, 3.63) is 68.8 Å². The maximum atomic E-state index is 14.3. The number of rotatable bonds is 16. The molecule has 244 valence electrons. The normalized spacial score (nSPS) is 13.6. The van der Waals surface area contributed by atoms with Gasteiger partial charge in [-0.2, -0.15) is 5.10 Å². The molecule has 0 saturated carbocycles. The summed E-state index contributed by atoms with van der Waals surface area (Å²) >= 11 is 19.0. The van der Waals surface area contributed by atoms with E-state index in [2.05, 4.69) is 16.0 Å². The summed E-state index contributed by atoms with van der Waals surface area (Å²) in [5.74, 6) is -0.555. The average molecular weight is 678 g/mol. The number of benzene rings is 2. The first-order chi connectivity index (χ1) is 21.8. The van der Waals surface area contributed by atoms with Gasteiger partial charge in [0.2, 0.25) is 5.91 Å².